The second-order valence-electron chi connectivity index (χ2n) is 5.10. The van der Waals surface area contributed by atoms with Gasteiger partial charge in [-0.2, -0.15) is 0 Å². The van der Waals surface area contributed by atoms with Crippen molar-refractivity contribution in [1.29, 1.82) is 0 Å². The molecule has 2 heterocycles. The van der Waals surface area contributed by atoms with Crippen LogP contribution in [0.1, 0.15) is 25.5 Å². The predicted octanol–water partition coefficient (Wildman–Crippen LogP) is 2.72. The first kappa shape index (κ1) is 13.0. The molecule has 0 saturated carbocycles. The van der Waals surface area contributed by atoms with Gasteiger partial charge in [-0.3, -0.25) is 0 Å². The summed E-state index contributed by atoms with van der Waals surface area (Å²) in [6.45, 7) is 4.17. The van der Waals surface area contributed by atoms with Crippen LogP contribution in [0, 0.1) is 5.92 Å². The van der Waals surface area contributed by atoms with Gasteiger partial charge in [-0.25, -0.2) is 0 Å². The van der Waals surface area contributed by atoms with Gasteiger partial charge in [-0.15, -0.1) is 0 Å². The largest absolute Gasteiger partial charge is 0.497 e. The summed E-state index contributed by atoms with van der Waals surface area (Å²) >= 11 is 8.81. The molecular formula is C13H15BrN2O2S. The summed E-state index contributed by atoms with van der Waals surface area (Å²) in [5.74, 6) is 1.89. The molecule has 3 unspecified atom stereocenters. The van der Waals surface area contributed by atoms with E-state index in [1.807, 2.05) is 19.1 Å². The standard InChI is InChI=1S/C13H15BrN2O2S/c1-6-10-8-4-7(17-3)5-9(14)11(8)18-13(6,2)16-12(19)15-10/h4-6,10H,1-3H3,(H2,15,16,19). The van der Waals surface area contributed by atoms with E-state index in [9.17, 15) is 0 Å². The Labute approximate surface area is 126 Å². The molecule has 0 aliphatic carbocycles. The molecule has 19 heavy (non-hydrogen) atoms. The number of thiocarbonyl (C=S) groups is 1. The van der Waals surface area contributed by atoms with Gasteiger partial charge in [0.2, 0.25) is 0 Å². The first-order chi connectivity index (χ1) is 8.94. The lowest BCUT2D eigenvalue weighted by Gasteiger charge is -2.50. The van der Waals surface area contributed by atoms with E-state index in [-0.39, 0.29) is 12.0 Å². The molecular weight excluding hydrogens is 328 g/mol. The Hall–Kier alpha value is -1.01. The van der Waals surface area contributed by atoms with Crippen molar-refractivity contribution in [1.82, 2.24) is 10.6 Å². The molecule has 1 aromatic rings. The number of halogens is 1. The summed E-state index contributed by atoms with van der Waals surface area (Å²) in [4.78, 5) is 0. The maximum atomic E-state index is 6.16. The fourth-order valence-electron chi connectivity index (χ4n) is 2.68. The second-order valence-corrected chi connectivity index (χ2v) is 6.36. The van der Waals surface area contributed by atoms with Crippen LogP contribution < -0.4 is 20.1 Å². The van der Waals surface area contributed by atoms with Gasteiger partial charge in [0.1, 0.15) is 11.5 Å². The molecule has 2 aliphatic rings. The highest BCUT2D eigenvalue weighted by Gasteiger charge is 2.49. The van der Waals surface area contributed by atoms with Gasteiger partial charge in [-0.05, 0) is 47.2 Å². The van der Waals surface area contributed by atoms with E-state index in [4.69, 9.17) is 21.7 Å². The smallest absolute Gasteiger partial charge is 0.184 e. The first-order valence-electron chi connectivity index (χ1n) is 6.10. The van der Waals surface area contributed by atoms with E-state index in [0.717, 1.165) is 21.5 Å². The van der Waals surface area contributed by atoms with Crippen LogP contribution in [0.3, 0.4) is 0 Å². The van der Waals surface area contributed by atoms with Crippen molar-refractivity contribution in [3.8, 4) is 11.5 Å². The lowest BCUT2D eigenvalue weighted by atomic mass is 9.82. The lowest BCUT2D eigenvalue weighted by Crippen LogP contribution is -2.67. The number of rotatable bonds is 1. The minimum atomic E-state index is -0.489. The van der Waals surface area contributed by atoms with Gasteiger partial charge in [0, 0.05) is 11.5 Å². The van der Waals surface area contributed by atoms with E-state index in [0.29, 0.717) is 5.11 Å². The van der Waals surface area contributed by atoms with Gasteiger partial charge in [-0.1, -0.05) is 6.92 Å². The van der Waals surface area contributed by atoms with Crippen LogP contribution in [0.2, 0.25) is 0 Å². The number of hydrogen-bond acceptors (Lipinski definition) is 3. The van der Waals surface area contributed by atoms with Crippen molar-refractivity contribution in [3.63, 3.8) is 0 Å². The number of fused-ring (bicyclic) bond motifs is 4. The highest BCUT2D eigenvalue weighted by molar-refractivity contribution is 9.10. The topological polar surface area (TPSA) is 42.5 Å². The molecule has 1 aromatic carbocycles. The SMILES string of the molecule is COc1cc(Br)c2c(c1)C1NC(=S)NC(C)(O2)C1C. The molecule has 0 radical (unpaired) electrons. The third-order valence-electron chi connectivity index (χ3n) is 3.95. The zero-order chi connectivity index (χ0) is 13.8. The monoisotopic (exact) mass is 342 g/mol. The lowest BCUT2D eigenvalue weighted by molar-refractivity contribution is -0.0271. The second kappa shape index (κ2) is 4.24. The predicted molar refractivity (Wildman–Crippen MR) is 80.5 cm³/mol. The quantitative estimate of drug-likeness (QED) is 0.768. The number of nitrogens with one attached hydrogen (secondary N) is 2. The average molecular weight is 343 g/mol. The third-order valence-corrected chi connectivity index (χ3v) is 4.76. The van der Waals surface area contributed by atoms with Crippen molar-refractivity contribution in [3.05, 3.63) is 22.2 Å². The molecule has 6 heteroatoms. The normalized spacial score (nSPS) is 31.7. The van der Waals surface area contributed by atoms with Crippen LogP contribution in [-0.2, 0) is 0 Å². The van der Waals surface area contributed by atoms with Crippen LogP contribution in [-0.4, -0.2) is 17.9 Å². The molecule has 3 rings (SSSR count). The van der Waals surface area contributed by atoms with Crippen LogP contribution in [0.15, 0.2) is 16.6 Å². The fraction of sp³-hybridized carbons (Fsp3) is 0.462. The highest BCUT2D eigenvalue weighted by atomic mass is 79.9. The Kier molecular flexibility index (Phi) is 2.90. The highest BCUT2D eigenvalue weighted by Crippen LogP contribution is 2.48. The van der Waals surface area contributed by atoms with Crippen molar-refractivity contribution in [2.24, 2.45) is 5.92 Å². The Bertz CT molecular complexity index is 566. The molecule has 2 aliphatic heterocycles. The fourth-order valence-corrected chi connectivity index (χ4v) is 3.55. The third kappa shape index (κ3) is 1.89. The van der Waals surface area contributed by atoms with Gasteiger partial charge in [0.25, 0.3) is 0 Å². The van der Waals surface area contributed by atoms with Crippen LogP contribution in [0.5, 0.6) is 11.5 Å². The van der Waals surface area contributed by atoms with Crippen LogP contribution in [0.4, 0.5) is 0 Å². The number of methoxy groups -OCH3 is 1. The van der Waals surface area contributed by atoms with E-state index in [1.54, 1.807) is 7.11 Å². The summed E-state index contributed by atoms with van der Waals surface area (Å²) < 4.78 is 12.4. The molecule has 1 saturated heterocycles. The zero-order valence-electron chi connectivity index (χ0n) is 10.9. The van der Waals surface area contributed by atoms with Gasteiger partial charge < -0.3 is 20.1 Å². The molecule has 0 aromatic heterocycles. The van der Waals surface area contributed by atoms with E-state index in [2.05, 4.69) is 33.5 Å². The Balaban J connectivity index is 2.18. The molecule has 1 fully saturated rings. The summed E-state index contributed by atoms with van der Waals surface area (Å²) in [7, 11) is 1.66. The van der Waals surface area contributed by atoms with E-state index >= 15 is 0 Å². The maximum absolute atomic E-state index is 6.16. The summed E-state index contributed by atoms with van der Waals surface area (Å²) in [5, 5.41) is 7.16. The van der Waals surface area contributed by atoms with Crippen molar-refractivity contribution in [2.45, 2.75) is 25.6 Å². The molecule has 2 N–H and O–H groups in total. The van der Waals surface area contributed by atoms with Crippen molar-refractivity contribution >= 4 is 33.3 Å². The number of benzene rings is 1. The Morgan fingerprint density at radius 2 is 2.21 bits per heavy atom. The van der Waals surface area contributed by atoms with Crippen LogP contribution in [0.25, 0.3) is 0 Å². The minimum Gasteiger partial charge on any atom is -0.497 e. The average Bonchev–Trinajstić information content (AvgIpc) is 2.34. The van der Waals surface area contributed by atoms with Crippen molar-refractivity contribution < 1.29 is 9.47 Å². The maximum Gasteiger partial charge on any atom is 0.184 e. The first-order valence-corrected chi connectivity index (χ1v) is 7.30. The summed E-state index contributed by atoms with van der Waals surface area (Å²) in [5.41, 5.74) is 0.581. The molecule has 0 amide bonds. The van der Waals surface area contributed by atoms with E-state index in [1.165, 1.54) is 0 Å². The Morgan fingerprint density at radius 3 is 2.89 bits per heavy atom. The molecule has 102 valence electrons. The van der Waals surface area contributed by atoms with Gasteiger partial charge in [0.15, 0.2) is 10.8 Å². The molecule has 4 nitrogen and oxygen atoms in total. The summed E-state index contributed by atoms with van der Waals surface area (Å²) in [6.07, 6.45) is 0. The van der Waals surface area contributed by atoms with Crippen LogP contribution >= 0.6 is 28.1 Å². The zero-order valence-corrected chi connectivity index (χ0v) is 13.3. The van der Waals surface area contributed by atoms with Gasteiger partial charge in [0.05, 0.1) is 17.6 Å². The van der Waals surface area contributed by atoms with Gasteiger partial charge >= 0.3 is 0 Å². The number of ether oxygens (including phenoxy) is 2. The minimum absolute atomic E-state index is 0.119. The van der Waals surface area contributed by atoms with Crippen molar-refractivity contribution in [2.75, 3.05) is 7.11 Å². The Morgan fingerprint density at radius 1 is 1.47 bits per heavy atom. The number of hydrogen-bond donors (Lipinski definition) is 2. The molecule has 3 atom stereocenters. The molecule has 0 spiro atoms. The molecule has 2 bridgehead atoms. The summed E-state index contributed by atoms with van der Waals surface area (Å²) in [6, 6.07) is 4.03. The van der Waals surface area contributed by atoms with E-state index < -0.39 is 5.72 Å².